The van der Waals surface area contributed by atoms with Crippen LogP contribution in [-0.2, 0) is 4.43 Å². The topological polar surface area (TPSA) is 36.5 Å². The summed E-state index contributed by atoms with van der Waals surface area (Å²) in [5, 5.41) is 7.79. The van der Waals surface area contributed by atoms with Gasteiger partial charge in [0.1, 0.15) is 0 Å². The molecule has 0 amide bonds. The summed E-state index contributed by atoms with van der Waals surface area (Å²) >= 11 is 0. The quantitative estimate of drug-likeness (QED) is 0.384. The van der Waals surface area contributed by atoms with Gasteiger partial charge in [-0.2, -0.15) is 0 Å². The molecule has 0 aromatic heterocycles. The van der Waals surface area contributed by atoms with Crippen LogP contribution < -0.4 is 10.6 Å². The van der Waals surface area contributed by atoms with E-state index in [2.05, 4.69) is 121 Å². The van der Waals surface area contributed by atoms with Gasteiger partial charge in [0.15, 0.2) is 8.32 Å². The zero-order chi connectivity index (χ0) is 26.5. The normalized spacial score (nSPS) is 23.2. The van der Waals surface area contributed by atoms with Gasteiger partial charge in [-0.05, 0) is 67.3 Å². The molecule has 2 aliphatic heterocycles. The number of rotatable bonds is 7. The van der Waals surface area contributed by atoms with Crippen molar-refractivity contribution in [3.05, 3.63) is 35.9 Å². The molecular weight excluding hydrogens is 463 g/mol. The molecule has 3 unspecified atom stereocenters. The number of nitrogens with one attached hydrogen (secondary N) is 2. The minimum absolute atomic E-state index is 0.290. The standard InChI is InChI=1S/C19H34N2OSi.C10H23NSi/c1-19(2,3)23(5,6)22-17-12-13-21(14-17)15-18(20-4)16-10-8-7-9-11-16;1-10(2,3)12(4,5)9-6-7-11-8-9/h7-11,17-18,20H,12-15H2,1-6H3;9,11H,6-8H2,1-5H3. The second-order valence-corrected chi connectivity index (χ2v) is 24.5. The van der Waals surface area contributed by atoms with Crippen LogP contribution >= 0.6 is 0 Å². The smallest absolute Gasteiger partial charge is 0.192 e. The monoisotopic (exact) mass is 519 g/mol. The Labute approximate surface area is 220 Å². The molecule has 1 aromatic rings. The largest absolute Gasteiger partial charge is 0.413 e. The van der Waals surface area contributed by atoms with Crippen LogP contribution in [0.2, 0.25) is 41.8 Å². The molecule has 2 saturated heterocycles. The fourth-order valence-electron chi connectivity index (χ4n) is 4.84. The predicted molar refractivity (Wildman–Crippen MR) is 160 cm³/mol. The first kappa shape index (κ1) is 30.7. The molecule has 4 nitrogen and oxygen atoms in total. The van der Waals surface area contributed by atoms with Crippen LogP contribution in [0, 0.1) is 0 Å². The lowest BCUT2D eigenvalue weighted by Gasteiger charge is -2.41. The molecule has 3 rings (SSSR count). The highest BCUT2D eigenvalue weighted by Gasteiger charge is 2.43. The molecule has 3 atom stereocenters. The SMILES string of the molecule is CC(C)(C)[Si](C)(C)C1CCNC1.CNC(CN1CCC(O[Si](C)(C)C(C)(C)C)C1)c1ccccc1. The molecule has 1 aromatic carbocycles. The Balaban J connectivity index is 0.000000303. The molecule has 2 heterocycles. The van der Waals surface area contributed by atoms with Crippen LogP contribution in [0.25, 0.3) is 0 Å². The molecule has 35 heavy (non-hydrogen) atoms. The van der Waals surface area contributed by atoms with Gasteiger partial charge < -0.3 is 15.1 Å². The van der Waals surface area contributed by atoms with Crippen LogP contribution in [0.3, 0.4) is 0 Å². The summed E-state index contributed by atoms with van der Waals surface area (Å²) in [6, 6.07) is 11.1. The van der Waals surface area contributed by atoms with Crippen LogP contribution in [0.5, 0.6) is 0 Å². The highest BCUT2D eigenvalue weighted by molar-refractivity contribution is 6.81. The van der Waals surface area contributed by atoms with E-state index in [1.807, 2.05) is 0 Å². The van der Waals surface area contributed by atoms with Crippen molar-refractivity contribution >= 4 is 16.4 Å². The molecule has 0 saturated carbocycles. The van der Waals surface area contributed by atoms with E-state index >= 15 is 0 Å². The predicted octanol–water partition coefficient (Wildman–Crippen LogP) is 6.90. The second kappa shape index (κ2) is 12.4. The molecule has 0 bridgehead atoms. The number of hydrogen-bond acceptors (Lipinski definition) is 4. The van der Waals surface area contributed by atoms with Gasteiger partial charge in [-0.25, -0.2) is 0 Å². The van der Waals surface area contributed by atoms with E-state index in [-0.39, 0.29) is 5.04 Å². The van der Waals surface area contributed by atoms with Crippen molar-refractivity contribution in [3.63, 3.8) is 0 Å². The Morgan fingerprint density at radius 2 is 1.63 bits per heavy atom. The van der Waals surface area contributed by atoms with Gasteiger partial charge in [0.25, 0.3) is 0 Å². The zero-order valence-corrected chi connectivity index (χ0v) is 26.9. The van der Waals surface area contributed by atoms with Crippen molar-refractivity contribution in [2.75, 3.05) is 39.8 Å². The maximum atomic E-state index is 6.59. The van der Waals surface area contributed by atoms with E-state index in [1.54, 1.807) is 0 Å². The van der Waals surface area contributed by atoms with Crippen LogP contribution in [0.1, 0.15) is 66.0 Å². The average Bonchev–Trinajstić information content (AvgIpc) is 3.44. The minimum atomic E-state index is -1.65. The van der Waals surface area contributed by atoms with E-state index in [9.17, 15) is 0 Å². The third-order valence-electron chi connectivity index (χ3n) is 9.50. The van der Waals surface area contributed by atoms with Crippen molar-refractivity contribution in [1.29, 1.82) is 0 Å². The van der Waals surface area contributed by atoms with E-state index in [0.717, 1.165) is 31.6 Å². The van der Waals surface area contributed by atoms with Gasteiger partial charge >= 0.3 is 0 Å². The first-order valence-corrected chi connectivity index (χ1v) is 19.9. The third-order valence-corrected chi connectivity index (χ3v) is 20.4. The van der Waals surface area contributed by atoms with E-state index < -0.39 is 16.4 Å². The molecule has 6 heteroatoms. The number of likely N-dealkylation sites (tertiary alicyclic amines) is 1. The van der Waals surface area contributed by atoms with Crippen molar-refractivity contribution < 1.29 is 4.43 Å². The summed E-state index contributed by atoms with van der Waals surface area (Å²) in [6.07, 6.45) is 2.98. The van der Waals surface area contributed by atoms with Gasteiger partial charge in [-0.1, -0.05) is 85.0 Å². The van der Waals surface area contributed by atoms with Crippen LogP contribution in [0.4, 0.5) is 0 Å². The lowest BCUT2D eigenvalue weighted by atomic mass is 10.1. The Morgan fingerprint density at radius 1 is 1.00 bits per heavy atom. The fourth-order valence-corrected chi connectivity index (χ4v) is 8.97. The van der Waals surface area contributed by atoms with Gasteiger partial charge in [0.2, 0.25) is 0 Å². The number of hydrogen-bond donors (Lipinski definition) is 2. The minimum Gasteiger partial charge on any atom is -0.413 e. The van der Waals surface area contributed by atoms with Gasteiger partial charge in [-0.15, -0.1) is 0 Å². The first-order valence-electron chi connectivity index (χ1n) is 13.9. The summed E-state index contributed by atoms with van der Waals surface area (Å²) < 4.78 is 6.59. The van der Waals surface area contributed by atoms with E-state index in [4.69, 9.17) is 4.43 Å². The zero-order valence-electron chi connectivity index (χ0n) is 24.9. The van der Waals surface area contributed by atoms with Gasteiger partial charge in [0, 0.05) is 25.7 Å². The molecule has 0 spiro atoms. The lowest BCUT2D eigenvalue weighted by molar-refractivity contribution is 0.177. The molecular formula is C29H57N3OSi2. The lowest BCUT2D eigenvalue weighted by Crippen LogP contribution is -2.44. The van der Waals surface area contributed by atoms with E-state index in [1.165, 1.54) is 25.1 Å². The molecule has 202 valence electrons. The van der Waals surface area contributed by atoms with Crippen molar-refractivity contribution in [1.82, 2.24) is 15.5 Å². The summed E-state index contributed by atoms with van der Waals surface area (Å²) in [6.45, 7) is 29.8. The van der Waals surface area contributed by atoms with Crippen LogP contribution in [-0.4, -0.2) is 67.2 Å². The molecule has 2 aliphatic rings. The van der Waals surface area contributed by atoms with Crippen molar-refractivity contribution in [3.8, 4) is 0 Å². The highest BCUT2D eigenvalue weighted by atomic mass is 28.4. The van der Waals surface area contributed by atoms with Gasteiger partial charge in [-0.3, -0.25) is 4.90 Å². The molecule has 2 N–H and O–H groups in total. The molecule has 0 aliphatic carbocycles. The maximum Gasteiger partial charge on any atom is 0.192 e. The molecule has 0 radical (unpaired) electrons. The maximum absolute atomic E-state index is 6.59. The van der Waals surface area contributed by atoms with Crippen LogP contribution in [0.15, 0.2) is 30.3 Å². The van der Waals surface area contributed by atoms with Crippen molar-refractivity contribution in [2.24, 2.45) is 0 Å². The highest BCUT2D eigenvalue weighted by Crippen LogP contribution is 2.45. The summed E-state index contributed by atoms with van der Waals surface area (Å²) in [5.74, 6) is 0. The third kappa shape index (κ3) is 8.51. The average molecular weight is 520 g/mol. The Hall–Kier alpha value is -0.506. The fraction of sp³-hybridized carbons (Fsp3) is 0.793. The number of likely N-dealkylation sites (N-methyl/N-ethyl adjacent to an activating group) is 1. The Bertz CT molecular complexity index is 749. The molecule has 2 fully saturated rings. The summed E-state index contributed by atoms with van der Waals surface area (Å²) in [7, 11) is -0.635. The van der Waals surface area contributed by atoms with E-state index in [0.29, 0.717) is 17.2 Å². The van der Waals surface area contributed by atoms with Gasteiger partial charge in [0.05, 0.1) is 14.2 Å². The summed E-state index contributed by atoms with van der Waals surface area (Å²) in [5.41, 5.74) is 2.36. The second-order valence-electron chi connectivity index (χ2n) is 14.0. The first-order chi connectivity index (χ1) is 16.1. The number of benzene rings is 1. The number of nitrogens with zero attached hydrogens (tertiary/aromatic N) is 1. The van der Waals surface area contributed by atoms with Crippen molar-refractivity contribution in [2.45, 2.75) is 108 Å². The Morgan fingerprint density at radius 3 is 2.11 bits per heavy atom. The summed E-state index contributed by atoms with van der Waals surface area (Å²) in [4.78, 5) is 2.55. The Kier molecular flexibility index (Phi) is 10.8.